The quantitative estimate of drug-likeness (QED) is 0.115. The molecule has 2 heterocycles. The second-order valence-electron chi connectivity index (χ2n) is 11.9. The summed E-state index contributed by atoms with van der Waals surface area (Å²) < 4.78 is 10.8. The number of methoxy groups -OCH3 is 2. The van der Waals surface area contributed by atoms with Gasteiger partial charge in [-0.05, 0) is 61.4 Å². The molecule has 248 valence electrons. The van der Waals surface area contributed by atoms with Crippen molar-refractivity contribution in [1.29, 1.82) is 0 Å². The summed E-state index contributed by atoms with van der Waals surface area (Å²) in [7, 11) is 3.27. The van der Waals surface area contributed by atoms with Crippen LogP contribution in [0.4, 0.5) is 0 Å². The van der Waals surface area contributed by atoms with Crippen LogP contribution in [0.1, 0.15) is 52.8 Å². The van der Waals surface area contributed by atoms with Crippen molar-refractivity contribution >= 4 is 33.6 Å². The number of nitrogens with zero attached hydrogens (tertiary/aromatic N) is 2. The number of rotatable bonds is 14. The van der Waals surface area contributed by atoms with E-state index in [-0.39, 0.29) is 11.8 Å². The van der Waals surface area contributed by atoms with Gasteiger partial charge in [0.25, 0.3) is 11.8 Å². The number of amides is 2. The molecule has 4 aromatic carbocycles. The van der Waals surface area contributed by atoms with Gasteiger partial charge >= 0.3 is 0 Å². The van der Waals surface area contributed by atoms with Crippen LogP contribution in [-0.2, 0) is 0 Å². The molecule has 8 nitrogen and oxygen atoms in total. The number of unbranched alkanes of at least 4 members (excludes halogenated alkanes) is 4. The molecular weight excluding hydrogens is 612 g/mol. The SMILES string of the molecule is COc1cccc(-c2cc(C(=O)NCCCCCCCNC(=O)c3cc(-c4cccc(OC)c4)nc4ccccc34)c3ccccc3n2)c1. The minimum atomic E-state index is -0.108. The number of carbonyl (C=O) groups is 2. The van der Waals surface area contributed by atoms with Gasteiger partial charge in [-0.3, -0.25) is 9.59 Å². The topological polar surface area (TPSA) is 102 Å². The number of hydrogen-bond donors (Lipinski definition) is 2. The third-order valence-electron chi connectivity index (χ3n) is 8.58. The molecule has 0 radical (unpaired) electrons. The zero-order valence-corrected chi connectivity index (χ0v) is 27.9. The second kappa shape index (κ2) is 15.9. The second-order valence-corrected chi connectivity index (χ2v) is 11.9. The van der Waals surface area contributed by atoms with Gasteiger partial charge in [0.2, 0.25) is 0 Å². The standard InChI is InChI=1S/C41H40N4O4/c1-48-30-16-12-14-28(24-30)38-26-34(32-18-6-8-20-36(32)44-38)40(46)42-22-10-4-3-5-11-23-43-41(47)35-27-39(29-15-13-17-31(25-29)49-2)45-37-21-9-7-19-33(35)37/h6-9,12-21,24-27H,3-5,10-11,22-23H2,1-2H3,(H,42,46)(H,43,47). The highest BCUT2D eigenvalue weighted by Crippen LogP contribution is 2.29. The molecule has 6 rings (SSSR count). The minimum absolute atomic E-state index is 0.108. The summed E-state index contributed by atoms with van der Waals surface area (Å²) in [5.41, 5.74) is 6.00. The Balaban J connectivity index is 0.978. The summed E-state index contributed by atoms with van der Waals surface area (Å²) in [6.07, 6.45) is 4.74. The first kappa shape index (κ1) is 33.2. The number of aromatic nitrogens is 2. The summed E-state index contributed by atoms with van der Waals surface area (Å²) in [6, 6.07) is 34.5. The molecule has 0 saturated heterocycles. The Morgan fingerprint density at radius 1 is 0.531 bits per heavy atom. The molecule has 0 unspecified atom stereocenters. The van der Waals surface area contributed by atoms with Crippen LogP contribution in [-0.4, -0.2) is 49.1 Å². The van der Waals surface area contributed by atoms with Crippen LogP contribution in [0.2, 0.25) is 0 Å². The van der Waals surface area contributed by atoms with Gasteiger partial charge in [0.05, 0.1) is 47.8 Å². The molecule has 2 aromatic heterocycles. The van der Waals surface area contributed by atoms with Crippen molar-refractivity contribution < 1.29 is 19.1 Å². The van der Waals surface area contributed by atoms with E-state index in [2.05, 4.69) is 10.6 Å². The van der Waals surface area contributed by atoms with Crippen LogP contribution in [0.3, 0.4) is 0 Å². The maximum atomic E-state index is 13.3. The molecule has 6 aromatic rings. The highest BCUT2D eigenvalue weighted by atomic mass is 16.5. The first-order valence-corrected chi connectivity index (χ1v) is 16.7. The van der Waals surface area contributed by atoms with E-state index in [1.54, 1.807) is 14.2 Å². The van der Waals surface area contributed by atoms with Gasteiger partial charge in [-0.2, -0.15) is 0 Å². The van der Waals surface area contributed by atoms with Crippen molar-refractivity contribution in [2.24, 2.45) is 0 Å². The van der Waals surface area contributed by atoms with E-state index in [4.69, 9.17) is 19.4 Å². The minimum Gasteiger partial charge on any atom is -0.497 e. The zero-order valence-electron chi connectivity index (χ0n) is 27.9. The number of ether oxygens (including phenoxy) is 2. The number of para-hydroxylation sites is 2. The van der Waals surface area contributed by atoms with E-state index in [1.165, 1.54) is 0 Å². The molecule has 0 saturated carbocycles. The summed E-state index contributed by atoms with van der Waals surface area (Å²) in [6.45, 7) is 1.18. The fourth-order valence-electron chi connectivity index (χ4n) is 5.96. The van der Waals surface area contributed by atoms with Gasteiger partial charge in [0.15, 0.2) is 0 Å². The van der Waals surface area contributed by atoms with E-state index in [0.29, 0.717) is 24.2 Å². The van der Waals surface area contributed by atoms with Gasteiger partial charge in [0, 0.05) is 35.0 Å². The van der Waals surface area contributed by atoms with Crippen molar-refractivity contribution in [3.8, 4) is 34.0 Å². The molecule has 0 aliphatic rings. The van der Waals surface area contributed by atoms with Crippen molar-refractivity contribution in [3.05, 3.63) is 120 Å². The Morgan fingerprint density at radius 2 is 0.959 bits per heavy atom. The van der Waals surface area contributed by atoms with Crippen molar-refractivity contribution in [3.63, 3.8) is 0 Å². The largest absolute Gasteiger partial charge is 0.497 e. The lowest BCUT2D eigenvalue weighted by Crippen LogP contribution is -2.25. The van der Waals surface area contributed by atoms with Crippen molar-refractivity contribution in [2.75, 3.05) is 27.3 Å². The van der Waals surface area contributed by atoms with Crippen LogP contribution in [0.5, 0.6) is 11.5 Å². The summed E-state index contributed by atoms with van der Waals surface area (Å²) >= 11 is 0. The maximum Gasteiger partial charge on any atom is 0.252 e. The van der Waals surface area contributed by atoms with Gasteiger partial charge < -0.3 is 20.1 Å². The number of pyridine rings is 2. The first-order valence-electron chi connectivity index (χ1n) is 16.7. The van der Waals surface area contributed by atoms with Gasteiger partial charge in [-0.25, -0.2) is 9.97 Å². The average Bonchev–Trinajstić information content (AvgIpc) is 3.16. The third-order valence-corrected chi connectivity index (χ3v) is 8.58. The molecule has 49 heavy (non-hydrogen) atoms. The average molecular weight is 653 g/mol. The van der Waals surface area contributed by atoms with E-state index in [1.807, 2.05) is 109 Å². The highest BCUT2D eigenvalue weighted by molar-refractivity contribution is 6.08. The van der Waals surface area contributed by atoms with E-state index >= 15 is 0 Å². The molecular formula is C41H40N4O4. The van der Waals surface area contributed by atoms with E-state index < -0.39 is 0 Å². The molecule has 2 amide bonds. The molecule has 8 heteroatoms. The molecule has 0 bridgehead atoms. The first-order chi connectivity index (χ1) is 24.0. The predicted molar refractivity (Wildman–Crippen MR) is 195 cm³/mol. The highest BCUT2D eigenvalue weighted by Gasteiger charge is 2.16. The molecule has 0 aliphatic carbocycles. The molecule has 0 atom stereocenters. The zero-order chi connectivity index (χ0) is 34.0. The Labute approximate surface area is 286 Å². The number of hydrogen-bond acceptors (Lipinski definition) is 6. The van der Waals surface area contributed by atoms with Crippen molar-refractivity contribution in [2.45, 2.75) is 32.1 Å². The van der Waals surface area contributed by atoms with Crippen LogP contribution < -0.4 is 20.1 Å². The fourth-order valence-corrected chi connectivity index (χ4v) is 5.96. The summed E-state index contributed by atoms with van der Waals surface area (Å²) in [4.78, 5) is 36.2. The van der Waals surface area contributed by atoms with Crippen LogP contribution in [0.25, 0.3) is 44.3 Å². The van der Waals surface area contributed by atoms with Crippen LogP contribution in [0.15, 0.2) is 109 Å². The summed E-state index contributed by atoms with van der Waals surface area (Å²) in [5, 5.41) is 7.86. The van der Waals surface area contributed by atoms with Gasteiger partial charge in [0.1, 0.15) is 11.5 Å². The maximum absolute atomic E-state index is 13.3. The molecule has 2 N–H and O–H groups in total. The van der Waals surface area contributed by atoms with Crippen LogP contribution >= 0.6 is 0 Å². The Bertz CT molecular complexity index is 1950. The number of fused-ring (bicyclic) bond motifs is 2. The molecule has 0 spiro atoms. The summed E-state index contributed by atoms with van der Waals surface area (Å²) in [5.74, 6) is 1.26. The monoisotopic (exact) mass is 652 g/mol. The van der Waals surface area contributed by atoms with E-state index in [9.17, 15) is 9.59 Å². The Morgan fingerprint density at radius 3 is 1.41 bits per heavy atom. The molecule has 0 fully saturated rings. The lowest BCUT2D eigenvalue weighted by Gasteiger charge is -2.12. The lowest BCUT2D eigenvalue weighted by atomic mass is 10.0. The smallest absolute Gasteiger partial charge is 0.252 e. The van der Waals surface area contributed by atoms with Gasteiger partial charge in [-0.15, -0.1) is 0 Å². The Kier molecular flexibility index (Phi) is 10.8. The van der Waals surface area contributed by atoms with Crippen molar-refractivity contribution in [1.82, 2.24) is 20.6 Å². The predicted octanol–water partition coefficient (Wildman–Crippen LogP) is 8.24. The third kappa shape index (κ3) is 8.04. The number of carbonyl (C=O) groups excluding carboxylic acids is 2. The number of benzene rings is 4. The van der Waals surface area contributed by atoms with E-state index in [0.717, 1.165) is 87.9 Å². The van der Waals surface area contributed by atoms with Crippen LogP contribution in [0, 0.1) is 0 Å². The van der Waals surface area contributed by atoms with Gasteiger partial charge in [-0.1, -0.05) is 79.9 Å². The molecule has 0 aliphatic heterocycles. The Hall–Kier alpha value is -5.76. The normalized spacial score (nSPS) is 11.0. The lowest BCUT2D eigenvalue weighted by molar-refractivity contribution is 0.0947. The fraction of sp³-hybridized carbons (Fsp3) is 0.220. The number of nitrogens with one attached hydrogen (secondary N) is 2.